The number of morpholine rings is 1. The molecule has 148 valence electrons. The van der Waals surface area contributed by atoms with Crippen molar-refractivity contribution >= 4 is 27.7 Å². The van der Waals surface area contributed by atoms with Gasteiger partial charge in [-0.25, -0.2) is 8.42 Å². The lowest BCUT2D eigenvalue weighted by Crippen LogP contribution is -2.40. The van der Waals surface area contributed by atoms with Gasteiger partial charge in [0.15, 0.2) is 0 Å². The normalized spacial score (nSPS) is 20.4. The lowest BCUT2D eigenvalue weighted by Gasteiger charge is -2.27. The molecule has 2 aliphatic heterocycles. The van der Waals surface area contributed by atoms with Gasteiger partial charge in [0.05, 0.1) is 24.2 Å². The largest absolute Gasteiger partial charge is 0.379 e. The Labute approximate surface area is 169 Å². The summed E-state index contributed by atoms with van der Waals surface area (Å²) in [7, 11) is -3.63. The van der Waals surface area contributed by atoms with Gasteiger partial charge in [0.2, 0.25) is 10.0 Å². The van der Waals surface area contributed by atoms with Crippen LogP contribution >= 0.6 is 11.8 Å². The van der Waals surface area contributed by atoms with Gasteiger partial charge < -0.3 is 10.1 Å². The van der Waals surface area contributed by atoms with Gasteiger partial charge in [-0.05, 0) is 36.2 Å². The number of sulfonamides is 1. The Balaban J connectivity index is 1.54. The molecule has 28 heavy (non-hydrogen) atoms. The summed E-state index contributed by atoms with van der Waals surface area (Å²) >= 11 is 1.79. The van der Waals surface area contributed by atoms with Gasteiger partial charge >= 0.3 is 0 Å². The standard InChI is InChI=1S/C20H22N2O4S2/c23-20(21-18-8-13-27-19-7-2-1-6-17(18)19)15-4-3-5-16(14-15)28(24,25)22-9-11-26-12-10-22/h1-7,14,18H,8-13H2,(H,21,23)/t18-/m1/s1. The molecule has 4 rings (SSSR count). The van der Waals surface area contributed by atoms with E-state index in [1.165, 1.54) is 21.3 Å². The number of nitrogens with one attached hydrogen (secondary N) is 1. The van der Waals surface area contributed by atoms with E-state index in [4.69, 9.17) is 4.74 Å². The first kappa shape index (κ1) is 19.4. The number of fused-ring (bicyclic) bond motifs is 1. The van der Waals surface area contributed by atoms with Crippen LogP contribution in [0.4, 0.5) is 0 Å². The van der Waals surface area contributed by atoms with Crippen molar-refractivity contribution in [3.8, 4) is 0 Å². The van der Waals surface area contributed by atoms with E-state index >= 15 is 0 Å². The van der Waals surface area contributed by atoms with Gasteiger partial charge in [-0.15, -0.1) is 11.8 Å². The summed E-state index contributed by atoms with van der Waals surface area (Å²) in [5, 5.41) is 3.07. The first-order chi connectivity index (χ1) is 13.6. The molecule has 1 saturated heterocycles. The Morgan fingerprint density at radius 2 is 1.89 bits per heavy atom. The third-order valence-corrected chi connectivity index (χ3v) is 7.99. The van der Waals surface area contributed by atoms with Gasteiger partial charge in [-0.2, -0.15) is 4.31 Å². The van der Waals surface area contributed by atoms with Crippen molar-refractivity contribution < 1.29 is 17.9 Å². The van der Waals surface area contributed by atoms with Gasteiger partial charge in [0.25, 0.3) is 5.91 Å². The monoisotopic (exact) mass is 418 g/mol. The van der Waals surface area contributed by atoms with Crippen LogP contribution in [0.1, 0.15) is 28.4 Å². The fourth-order valence-electron chi connectivity index (χ4n) is 3.47. The summed E-state index contributed by atoms with van der Waals surface area (Å²) in [6.45, 7) is 1.43. The number of amides is 1. The predicted molar refractivity (Wildman–Crippen MR) is 108 cm³/mol. The minimum absolute atomic E-state index is 0.0653. The van der Waals surface area contributed by atoms with E-state index in [2.05, 4.69) is 11.4 Å². The molecule has 8 heteroatoms. The summed E-state index contributed by atoms with van der Waals surface area (Å²) < 4.78 is 32.3. The molecular formula is C20H22N2O4S2. The molecular weight excluding hydrogens is 396 g/mol. The number of carbonyl (C=O) groups is 1. The fraction of sp³-hybridized carbons (Fsp3) is 0.350. The summed E-state index contributed by atoms with van der Waals surface area (Å²) in [5.74, 6) is 0.679. The maximum absolute atomic E-state index is 12.9. The first-order valence-corrected chi connectivity index (χ1v) is 11.7. The number of benzene rings is 2. The average Bonchev–Trinajstić information content (AvgIpc) is 2.75. The van der Waals surface area contributed by atoms with Gasteiger partial charge in [0, 0.05) is 29.3 Å². The molecule has 0 unspecified atom stereocenters. The number of hydrogen-bond acceptors (Lipinski definition) is 5. The van der Waals surface area contributed by atoms with E-state index < -0.39 is 10.0 Å². The topological polar surface area (TPSA) is 75.7 Å². The smallest absolute Gasteiger partial charge is 0.251 e. The minimum atomic E-state index is -3.63. The molecule has 2 heterocycles. The molecule has 0 aromatic heterocycles. The van der Waals surface area contributed by atoms with E-state index in [0.29, 0.717) is 31.9 Å². The third kappa shape index (κ3) is 3.96. The van der Waals surface area contributed by atoms with E-state index in [9.17, 15) is 13.2 Å². The fourth-order valence-corrected chi connectivity index (χ4v) is 6.05. The highest BCUT2D eigenvalue weighted by molar-refractivity contribution is 7.99. The zero-order chi connectivity index (χ0) is 19.6. The highest BCUT2D eigenvalue weighted by atomic mass is 32.2. The van der Waals surface area contributed by atoms with E-state index in [1.54, 1.807) is 23.9 Å². The molecule has 1 N–H and O–H groups in total. The summed E-state index contributed by atoms with van der Waals surface area (Å²) in [6, 6.07) is 14.3. The second-order valence-corrected chi connectivity index (χ2v) is 9.82. The Bertz CT molecular complexity index is 972. The third-order valence-electron chi connectivity index (χ3n) is 4.97. The summed E-state index contributed by atoms with van der Waals surface area (Å²) in [6.07, 6.45) is 0.846. The second-order valence-electron chi connectivity index (χ2n) is 6.75. The van der Waals surface area contributed by atoms with Crippen molar-refractivity contribution in [1.82, 2.24) is 9.62 Å². The van der Waals surface area contributed by atoms with E-state index in [-0.39, 0.29) is 16.8 Å². The highest BCUT2D eigenvalue weighted by Crippen LogP contribution is 2.36. The van der Waals surface area contributed by atoms with Crippen LogP contribution in [-0.4, -0.2) is 50.7 Å². The minimum Gasteiger partial charge on any atom is -0.379 e. The number of ether oxygens (including phenoxy) is 1. The van der Waals surface area contributed by atoms with Crippen LogP contribution in [0.3, 0.4) is 0 Å². The van der Waals surface area contributed by atoms with E-state index in [0.717, 1.165) is 17.7 Å². The molecule has 2 aromatic rings. The number of thioether (sulfide) groups is 1. The van der Waals surface area contributed by atoms with Gasteiger partial charge in [0.1, 0.15) is 0 Å². The number of hydrogen-bond donors (Lipinski definition) is 1. The van der Waals surface area contributed by atoms with Gasteiger partial charge in [-0.1, -0.05) is 24.3 Å². The molecule has 2 aliphatic rings. The summed E-state index contributed by atoms with van der Waals surface area (Å²) in [4.78, 5) is 14.2. The molecule has 0 radical (unpaired) electrons. The number of nitrogens with zero attached hydrogens (tertiary/aromatic N) is 1. The van der Waals surface area contributed by atoms with Crippen molar-refractivity contribution in [1.29, 1.82) is 0 Å². The second kappa shape index (κ2) is 8.24. The molecule has 6 nitrogen and oxygen atoms in total. The lowest BCUT2D eigenvalue weighted by atomic mass is 10.0. The Morgan fingerprint density at radius 3 is 2.71 bits per heavy atom. The van der Waals surface area contributed by atoms with Crippen LogP contribution in [0.25, 0.3) is 0 Å². The molecule has 0 spiro atoms. The number of carbonyl (C=O) groups excluding carboxylic acids is 1. The lowest BCUT2D eigenvalue weighted by molar-refractivity contribution is 0.0730. The predicted octanol–water partition coefficient (Wildman–Crippen LogP) is 2.67. The molecule has 1 atom stereocenters. The quantitative estimate of drug-likeness (QED) is 0.826. The maximum atomic E-state index is 12.9. The molecule has 1 fully saturated rings. The first-order valence-electron chi connectivity index (χ1n) is 9.26. The molecule has 1 amide bonds. The van der Waals surface area contributed by atoms with Crippen LogP contribution in [0.2, 0.25) is 0 Å². The molecule has 0 bridgehead atoms. The number of rotatable bonds is 4. The average molecular weight is 419 g/mol. The molecule has 2 aromatic carbocycles. The summed E-state index contributed by atoms with van der Waals surface area (Å²) in [5.41, 5.74) is 1.47. The van der Waals surface area contributed by atoms with Crippen molar-refractivity contribution in [2.24, 2.45) is 0 Å². The Kier molecular flexibility index (Phi) is 5.73. The zero-order valence-corrected chi connectivity index (χ0v) is 17.0. The Hall–Kier alpha value is -1.87. The van der Waals surface area contributed by atoms with E-state index in [1.807, 2.05) is 18.2 Å². The van der Waals surface area contributed by atoms with Crippen molar-refractivity contribution in [2.75, 3.05) is 32.1 Å². The van der Waals surface area contributed by atoms with Crippen molar-refractivity contribution in [3.05, 3.63) is 59.7 Å². The molecule has 0 aliphatic carbocycles. The SMILES string of the molecule is O=C(N[C@@H]1CCSc2ccccc21)c1cccc(S(=O)(=O)N2CCOCC2)c1. The van der Waals surface area contributed by atoms with Crippen LogP contribution in [0, 0.1) is 0 Å². The zero-order valence-electron chi connectivity index (χ0n) is 15.3. The maximum Gasteiger partial charge on any atom is 0.251 e. The van der Waals surface area contributed by atoms with Crippen LogP contribution in [-0.2, 0) is 14.8 Å². The van der Waals surface area contributed by atoms with Gasteiger partial charge in [-0.3, -0.25) is 4.79 Å². The molecule has 0 saturated carbocycles. The van der Waals surface area contributed by atoms with Crippen LogP contribution < -0.4 is 5.32 Å². The van der Waals surface area contributed by atoms with Crippen LogP contribution in [0.5, 0.6) is 0 Å². The van der Waals surface area contributed by atoms with Crippen molar-refractivity contribution in [3.63, 3.8) is 0 Å². The van der Waals surface area contributed by atoms with Crippen molar-refractivity contribution in [2.45, 2.75) is 22.3 Å². The Morgan fingerprint density at radius 1 is 1.11 bits per heavy atom. The highest BCUT2D eigenvalue weighted by Gasteiger charge is 2.27. The van der Waals surface area contributed by atoms with Crippen LogP contribution in [0.15, 0.2) is 58.3 Å².